The zero-order valence-electron chi connectivity index (χ0n) is 39.0. The van der Waals surface area contributed by atoms with E-state index in [9.17, 15) is 24.9 Å². The summed E-state index contributed by atoms with van der Waals surface area (Å²) in [6.45, 7) is 11.2. The lowest BCUT2D eigenvalue weighted by Gasteiger charge is -2.42. The summed E-state index contributed by atoms with van der Waals surface area (Å²) in [5, 5.41) is 46.7. The largest absolute Gasteiger partial charge is 0.396 e. The van der Waals surface area contributed by atoms with E-state index in [1.54, 1.807) is 32.7 Å². The lowest BCUT2D eigenvalue weighted by molar-refractivity contribution is -0.130. The number of anilines is 2. The molecule has 1 saturated heterocycles. The minimum Gasteiger partial charge on any atom is -0.396 e. The number of fused-ring (bicyclic) bond motifs is 2. The molecule has 6 aromatic rings. The first kappa shape index (κ1) is 49.8. The average molecular weight is 1000 g/mol. The van der Waals surface area contributed by atoms with Gasteiger partial charge in [-0.3, -0.25) is 19.0 Å². The van der Waals surface area contributed by atoms with Gasteiger partial charge in [-0.15, -0.1) is 11.6 Å². The number of aromatic nitrogens is 6. The van der Waals surface area contributed by atoms with Gasteiger partial charge in [-0.1, -0.05) is 71.7 Å². The summed E-state index contributed by atoms with van der Waals surface area (Å²) in [6.07, 6.45) is 3.16. The first-order valence-electron chi connectivity index (χ1n) is 22.9. The van der Waals surface area contributed by atoms with E-state index in [2.05, 4.69) is 20.6 Å². The first-order chi connectivity index (χ1) is 33.2. The molecule has 1 unspecified atom stereocenters. The molecule has 2 aromatic carbocycles. The Balaban J connectivity index is 0.000000186. The van der Waals surface area contributed by atoms with Gasteiger partial charge in [0, 0.05) is 73.1 Å². The van der Waals surface area contributed by atoms with Gasteiger partial charge < -0.3 is 40.5 Å². The van der Waals surface area contributed by atoms with Gasteiger partial charge in [0.1, 0.15) is 23.0 Å². The molecule has 5 N–H and O–H groups in total. The summed E-state index contributed by atoms with van der Waals surface area (Å²) >= 11 is 19.3. The van der Waals surface area contributed by atoms with Crippen molar-refractivity contribution in [3.63, 3.8) is 0 Å². The molecule has 16 nitrogen and oxygen atoms in total. The minimum atomic E-state index is -0.785. The van der Waals surface area contributed by atoms with E-state index in [4.69, 9.17) is 49.7 Å². The predicted molar refractivity (Wildman–Crippen MR) is 266 cm³/mol. The molecule has 1 fully saturated rings. The van der Waals surface area contributed by atoms with Crippen molar-refractivity contribution < 1.29 is 29.6 Å². The number of rotatable bonds is 14. The number of hydrogen-bond donors (Lipinski definition) is 5. The van der Waals surface area contributed by atoms with Crippen molar-refractivity contribution in [3.05, 3.63) is 129 Å². The first-order valence-corrected chi connectivity index (χ1v) is 24.1. The Morgan fingerprint density at radius 2 is 1.10 bits per heavy atom. The van der Waals surface area contributed by atoms with Crippen molar-refractivity contribution in [1.29, 1.82) is 0 Å². The molecule has 9 rings (SSSR count). The molecule has 1 spiro atoms. The van der Waals surface area contributed by atoms with Crippen LogP contribution in [0.5, 0.6) is 0 Å². The van der Waals surface area contributed by atoms with Gasteiger partial charge in [0.2, 0.25) is 0 Å². The topological polar surface area (TPSA) is 196 Å². The summed E-state index contributed by atoms with van der Waals surface area (Å²) in [7, 11) is 0. The molecule has 3 aliphatic heterocycles. The number of halogens is 3. The number of alkyl halides is 1. The van der Waals surface area contributed by atoms with Gasteiger partial charge in [-0.05, 0) is 74.2 Å². The second kappa shape index (κ2) is 21.2. The van der Waals surface area contributed by atoms with Gasteiger partial charge in [-0.2, -0.15) is 10.2 Å². The van der Waals surface area contributed by atoms with Gasteiger partial charge in [0.25, 0.3) is 11.8 Å². The number of nitrogens with one attached hydrogen (secondary N) is 2. The Kier molecular flexibility index (Phi) is 15.3. The number of carbonyl (C=O) groups excluding carboxylic acids is 2. The molecule has 69 heavy (non-hydrogen) atoms. The lowest BCUT2D eigenvalue weighted by Crippen LogP contribution is -2.52. The molecule has 0 radical (unpaired) electrons. The summed E-state index contributed by atoms with van der Waals surface area (Å²) in [4.78, 5) is 39.6. The smallest absolute Gasteiger partial charge is 0.272 e. The van der Waals surface area contributed by atoms with Crippen molar-refractivity contribution >= 4 is 58.3 Å². The minimum absolute atomic E-state index is 0.0676. The highest BCUT2D eigenvalue weighted by Gasteiger charge is 2.46. The molecule has 3 aliphatic rings. The summed E-state index contributed by atoms with van der Waals surface area (Å²) in [5.74, 6) is 1.17. The third kappa shape index (κ3) is 10.9. The maximum absolute atomic E-state index is 13.7. The molecule has 0 saturated carbocycles. The van der Waals surface area contributed by atoms with Crippen LogP contribution in [0.4, 0.5) is 11.6 Å². The fourth-order valence-corrected chi connectivity index (χ4v) is 9.57. The Morgan fingerprint density at radius 1 is 0.652 bits per heavy atom. The number of hydrogen-bond acceptors (Lipinski definition) is 12. The Hall–Kier alpha value is -5.59. The van der Waals surface area contributed by atoms with Crippen LogP contribution in [0.15, 0.2) is 85.2 Å². The fraction of sp³-hybridized carbons (Fsp3) is 0.400. The van der Waals surface area contributed by atoms with E-state index in [1.807, 2.05) is 99.3 Å². The van der Waals surface area contributed by atoms with Crippen LogP contribution in [0, 0.1) is 10.8 Å². The SMILES string of the molecule is CC(C)Nc1cc(-c2cc3n(n2)CC(CO)(CCl)CN(Cc2ccccc2CO)C3=O)c(Cl)cn1.CC(C)Nc1cc(-c2cc3n(n2)CC2(COC2)CN(Cc2ccccc2CO)C3=O)c(Cl)cn1. The molecule has 4 aromatic heterocycles. The van der Waals surface area contributed by atoms with Crippen LogP contribution in [0.2, 0.25) is 10.0 Å². The highest BCUT2D eigenvalue weighted by Crippen LogP contribution is 2.38. The number of pyridine rings is 2. The molecular formula is C50H57Cl3N10O6. The Bertz CT molecular complexity index is 2810. The number of carbonyl (C=O) groups is 2. The van der Waals surface area contributed by atoms with Crippen molar-refractivity contribution in [2.24, 2.45) is 10.8 Å². The fourth-order valence-electron chi connectivity index (χ4n) is 8.91. The van der Waals surface area contributed by atoms with Crippen LogP contribution < -0.4 is 10.6 Å². The Morgan fingerprint density at radius 3 is 1.51 bits per heavy atom. The number of aliphatic hydroxyl groups excluding tert-OH is 3. The molecular weight excluding hydrogens is 943 g/mol. The van der Waals surface area contributed by atoms with E-state index in [0.29, 0.717) is 82.9 Å². The van der Waals surface area contributed by atoms with Crippen molar-refractivity contribution in [1.82, 2.24) is 39.3 Å². The number of benzene rings is 2. The number of ether oxygens (including phenoxy) is 1. The number of aliphatic hydroxyl groups is 3. The van der Waals surface area contributed by atoms with Crippen LogP contribution in [0.25, 0.3) is 22.5 Å². The van der Waals surface area contributed by atoms with Gasteiger partial charge in [0.05, 0.1) is 73.0 Å². The van der Waals surface area contributed by atoms with E-state index in [-0.39, 0.29) is 74.6 Å². The van der Waals surface area contributed by atoms with Crippen molar-refractivity contribution in [3.8, 4) is 22.5 Å². The van der Waals surface area contributed by atoms with Crippen LogP contribution in [0.3, 0.4) is 0 Å². The van der Waals surface area contributed by atoms with Gasteiger partial charge >= 0.3 is 0 Å². The second-order valence-corrected chi connectivity index (χ2v) is 19.9. The molecule has 364 valence electrons. The van der Waals surface area contributed by atoms with E-state index in [0.717, 1.165) is 27.8 Å². The van der Waals surface area contributed by atoms with Gasteiger partial charge in [0.15, 0.2) is 0 Å². The third-order valence-electron chi connectivity index (χ3n) is 12.5. The summed E-state index contributed by atoms with van der Waals surface area (Å²) < 4.78 is 8.98. The third-order valence-corrected chi connectivity index (χ3v) is 13.6. The van der Waals surface area contributed by atoms with E-state index < -0.39 is 5.41 Å². The standard InChI is InChI=1S/C25H29Cl2N5O3.C25H28ClN5O3/c1-16(2)29-23-7-19(20(27)9-28-23)21-8-22-24(35)31(10-17-5-3-4-6-18(17)11-33)13-25(12-26,15-34)14-32(22)30-21;1-16(2)28-23-7-19(20(26)9-27-23)21-8-22-24(33)30(10-17-5-3-4-6-18(17)11-32)12-25(14-34-15-25)13-31(22)29-21/h3-9,16,33-34H,10-15H2,1-2H3,(H,28,29);3-9,16,32H,10-15H2,1-2H3,(H,27,28). The zero-order valence-corrected chi connectivity index (χ0v) is 41.3. The normalized spacial score (nSPS) is 17.5. The monoisotopic (exact) mass is 998 g/mol. The highest BCUT2D eigenvalue weighted by molar-refractivity contribution is 6.33. The van der Waals surface area contributed by atoms with E-state index in [1.165, 1.54) is 0 Å². The average Bonchev–Trinajstić information content (AvgIpc) is 3.89. The molecule has 7 heterocycles. The van der Waals surface area contributed by atoms with Crippen LogP contribution in [-0.2, 0) is 44.1 Å². The quantitative estimate of drug-likeness (QED) is 0.0682. The van der Waals surface area contributed by atoms with Crippen LogP contribution in [0.1, 0.15) is 70.9 Å². The molecule has 0 aliphatic carbocycles. The summed E-state index contributed by atoms with van der Waals surface area (Å²) in [6, 6.07) is 22.7. The Labute approximate surface area is 416 Å². The van der Waals surface area contributed by atoms with Gasteiger partial charge in [-0.25, -0.2) is 9.97 Å². The molecule has 2 amide bonds. The van der Waals surface area contributed by atoms with Crippen LogP contribution in [-0.4, -0.2) is 117 Å². The zero-order chi connectivity index (χ0) is 49.0. The molecule has 0 bridgehead atoms. The highest BCUT2D eigenvalue weighted by atomic mass is 35.5. The van der Waals surface area contributed by atoms with E-state index >= 15 is 0 Å². The van der Waals surface area contributed by atoms with Crippen molar-refractivity contribution in [2.75, 3.05) is 49.4 Å². The maximum Gasteiger partial charge on any atom is 0.272 e. The predicted octanol–water partition coefficient (Wildman–Crippen LogP) is 7.37. The second-order valence-electron chi connectivity index (χ2n) is 18.8. The summed E-state index contributed by atoms with van der Waals surface area (Å²) in [5.41, 5.74) is 5.80. The van der Waals surface area contributed by atoms with Crippen LogP contribution >= 0.6 is 34.8 Å². The number of amides is 2. The molecule has 19 heteroatoms. The lowest BCUT2D eigenvalue weighted by atomic mass is 9.85. The molecule has 1 atom stereocenters. The maximum atomic E-state index is 13.7. The number of nitrogens with zero attached hydrogens (tertiary/aromatic N) is 8. The van der Waals surface area contributed by atoms with Crippen molar-refractivity contribution in [2.45, 2.75) is 79.2 Å².